The molecule has 0 bridgehead atoms. The van der Waals surface area contributed by atoms with E-state index < -0.39 is 0 Å². The Morgan fingerprint density at radius 3 is 2.80 bits per heavy atom. The summed E-state index contributed by atoms with van der Waals surface area (Å²) in [5.74, 6) is 0.331. The largest absolute Gasteiger partial charge is 0.489 e. The SMILES string of the molecule is CSNC[C@@H](C)Oc1cc(C)cc(F)c1. The predicted octanol–water partition coefficient (Wildman–Crippen LogP) is 2.77. The van der Waals surface area contributed by atoms with Crippen molar-refractivity contribution < 1.29 is 9.13 Å². The summed E-state index contributed by atoms with van der Waals surface area (Å²) in [4.78, 5) is 0. The summed E-state index contributed by atoms with van der Waals surface area (Å²) in [6.07, 6.45) is 1.98. The third-order valence-corrected chi connectivity index (χ3v) is 2.32. The summed E-state index contributed by atoms with van der Waals surface area (Å²) < 4.78 is 21.7. The van der Waals surface area contributed by atoms with Crippen molar-refractivity contribution >= 4 is 11.9 Å². The molecule has 0 heterocycles. The molecule has 0 aliphatic carbocycles. The molecule has 0 amide bonds. The minimum Gasteiger partial charge on any atom is -0.489 e. The van der Waals surface area contributed by atoms with Gasteiger partial charge in [0, 0.05) is 12.6 Å². The maximum absolute atomic E-state index is 13.0. The minimum absolute atomic E-state index is 0.0265. The summed E-state index contributed by atoms with van der Waals surface area (Å²) in [7, 11) is 0. The van der Waals surface area contributed by atoms with Gasteiger partial charge in [-0.25, -0.2) is 4.39 Å². The first-order chi connectivity index (χ1) is 7.11. The van der Waals surface area contributed by atoms with Crippen LogP contribution in [0.15, 0.2) is 18.2 Å². The van der Waals surface area contributed by atoms with Crippen LogP contribution in [-0.4, -0.2) is 18.9 Å². The zero-order valence-corrected chi connectivity index (χ0v) is 10.0. The zero-order chi connectivity index (χ0) is 11.3. The van der Waals surface area contributed by atoms with E-state index in [4.69, 9.17) is 4.74 Å². The van der Waals surface area contributed by atoms with E-state index in [0.717, 1.165) is 12.1 Å². The molecule has 0 aliphatic rings. The van der Waals surface area contributed by atoms with E-state index in [1.165, 1.54) is 12.1 Å². The smallest absolute Gasteiger partial charge is 0.127 e. The van der Waals surface area contributed by atoms with Crippen molar-refractivity contribution in [2.45, 2.75) is 20.0 Å². The van der Waals surface area contributed by atoms with Crippen LogP contribution in [0.4, 0.5) is 4.39 Å². The third-order valence-electron chi connectivity index (χ3n) is 1.87. The lowest BCUT2D eigenvalue weighted by atomic mass is 10.2. The first-order valence-electron chi connectivity index (χ1n) is 4.81. The van der Waals surface area contributed by atoms with E-state index in [1.807, 2.05) is 26.2 Å². The van der Waals surface area contributed by atoms with E-state index in [1.54, 1.807) is 11.9 Å². The lowest BCUT2D eigenvalue weighted by Gasteiger charge is -2.15. The first-order valence-corrected chi connectivity index (χ1v) is 6.04. The van der Waals surface area contributed by atoms with Crippen LogP contribution >= 0.6 is 11.9 Å². The number of hydrogen-bond acceptors (Lipinski definition) is 3. The molecule has 1 aromatic carbocycles. The van der Waals surface area contributed by atoms with E-state index in [-0.39, 0.29) is 11.9 Å². The fourth-order valence-corrected chi connectivity index (χ4v) is 1.65. The summed E-state index contributed by atoms with van der Waals surface area (Å²) in [5.41, 5.74) is 0.870. The van der Waals surface area contributed by atoms with Crippen molar-refractivity contribution in [1.29, 1.82) is 0 Å². The zero-order valence-electron chi connectivity index (χ0n) is 9.21. The van der Waals surface area contributed by atoms with Gasteiger partial charge in [0.15, 0.2) is 0 Å². The van der Waals surface area contributed by atoms with Crippen LogP contribution in [0.2, 0.25) is 0 Å². The van der Waals surface area contributed by atoms with E-state index in [2.05, 4.69) is 4.72 Å². The van der Waals surface area contributed by atoms with E-state index in [0.29, 0.717) is 5.75 Å². The second kappa shape index (κ2) is 5.98. The molecule has 2 nitrogen and oxygen atoms in total. The molecule has 15 heavy (non-hydrogen) atoms. The highest BCUT2D eigenvalue weighted by Gasteiger charge is 2.05. The van der Waals surface area contributed by atoms with E-state index in [9.17, 15) is 4.39 Å². The molecule has 0 aliphatic heterocycles. The molecule has 0 aromatic heterocycles. The summed E-state index contributed by atoms with van der Waals surface area (Å²) in [6.45, 7) is 4.53. The number of nitrogens with one attached hydrogen (secondary N) is 1. The van der Waals surface area contributed by atoms with Gasteiger partial charge >= 0.3 is 0 Å². The van der Waals surface area contributed by atoms with Gasteiger partial charge in [-0.1, -0.05) is 11.9 Å². The second-order valence-electron chi connectivity index (χ2n) is 3.45. The fourth-order valence-electron chi connectivity index (χ4n) is 1.25. The maximum atomic E-state index is 13.0. The van der Waals surface area contributed by atoms with Crippen LogP contribution in [0.25, 0.3) is 0 Å². The van der Waals surface area contributed by atoms with Crippen LogP contribution in [-0.2, 0) is 0 Å². The highest BCUT2D eigenvalue weighted by atomic mass is 32.2. The third kappa shape index (κ3) is 4.53. The molecular formula is C11H16FNOS. The van der Waals surface area contributed by atoms with Crippen LogP contribution in [0.5, 0.6) is 5.75 Å². The van der Waals surface area contributed by atoms with Gasteiger partial charge in [0.05, 0.1) is 0 Å². The molecule has 4 heteroatoms. The molecule has 0 fully saturated rings. The Balaban J connectivity index is 2.56. The van der Waals surface area contributed by atoms with Crippen LogP contribution in [0.3, 0.4) is 0 Å². The number of rotatable bonds is 5. The summed E-state index contributed by atoms with van der Waals surface area (Å²) >= 11 is 1.54. The van der Waals surface area contributed by atoms with Crippen molar-refractivity contribution in [3.8, 4) is 5.75 Å². The molecule has 1 aromatic rings. The molecule has 0 unspecified atom stereocenters. The van der Waals surface area contributed by atoms with Gasteiger partial charge in [-0.2, -0.15) is 0 Å². The molecule has 0 spiro atoms. The van der Waals surface area contributed by atoms with Crippen molar-refractivity contribution in [3.63, 3.8) is 0 Å². The number of ether oxygens (including phenoxy) is 1. The number of benzene rings is 1. The van der Waals surface area contributed by atoms with Crippen molar-refractivity contribution in [2.24, 2.45) is 0 Å². The standard InChI is InChI=1S/C11H16FNOS/c1-8-4-10(12)6-11(5-8)14-9(2)7-13-15-3/h4-6,9,13H,7H2,1-3H3/t9-/m1/s1. The van der Waals surface area contributed by atoms with Crippen LogP contribution in [0.1, 0.15) is 12.5 Å². The monoisotopic (exact) mass is 229 g/mol. The Morgan fingerprint density at radius 2 is 2.20 bits per heavy atom. The number of aryl methyl sites for hydroxylation is 1. The topological polar surface area (TPSA) is 21.3 Å². The molecule has 1 rings (SSSR count). The van der Waals surface area contributed by atoms with Crippen molar-refractivity contribution in [2.75, 3.05) is 12.8 Å². The molecular weight excluding hydrogens is 213 g/mol. The maximum Gasteiger partial charge on any atom is 0.127 e. The van der Waals surface area contributed by atoms with Gasteiger partial charge in [-0.05, 0) is 37.8 Å². The molecule has 84 valence electrons. The van der Waals surface area contributed by atoms with Gasteiger partial charge in [-0.15, -0.1) is 0 Å². The highest BCUT2D eigenvalue weighted by Crippen LogP contribution is 2.17. The average molecular weight is 229 g/mol. The molecule has 1 atom stereocenters. The lowest BCUT2D eigenvalue weighted by Crippen LogP contribution is -2.24. The average Bonchev–Trinajstić information content (AvgIpc) is 2.13. The van der Waals surface area contributed by atoms with Crippen molar-refractivity contribution in [3.05, 3.63) is 29.6 Å². The first kappa shape index (κ1) is 12.3. The Kier molecular flexibility index (Phi) is 4.91. The van der Waals surface area contributed by atoms with Gasteiger partial charge < -0.3 is 4.74 Å². The summed E-state index contributed by atoms with van der Waals surface area (Å²) in [6, 6.07) is 4.72. The van der Waals surface area contributed by atoms with Gasteiger partial charge in [-0.3, -0.25) is 4.72 Å². The highest BCUT2D eigenvalue weighted by molar-refractivity contribution is 7.96. The van der Waals surface area contributed by atoms with Gasteiger partial charge in [0.1, 0.15) is 17.7 Å². The summed E-state index contributed by atoms with van der Waals surface area (Å²) in [5, 5.41) is 0. The predicted molar refractivity (Wildman–Crippen MR) is 62.7 cm³/mol. The van der Waals surface area contributed by atoms with Gasteiger partial charge in [0.25, 0.3) is 0 Å². The Bertz CT molecular complexity index is 299. The molecule has 1 N–H and O–H groups in total. The molecule has 0 radical (unpaired) electrons. The fraction of sp³-hybridized carbons (Fsp3) is 0.455. The quantitative estimate of drug-likeness (QED) is 0.784. The van der Waals surface area contributed by atoms with E-state index >= 15 is 0 Å². The minimum atomic E-state index is -0.255. The normalized spacial score (nSPS) is 12.5. The molecule has 0 saturated carbocycles. The molecule has 0 saturated heterocycles. The van der Waals surface area contributed by atoms with Crippen LogP contribution in [0, 0.1) is 12.7 Å². The number of hydrogen-bond donors (Lipinski definition) is 1. The number of halogens is 1. The second-order valence-corrected chi connectivity index (χ2v) is 4.14. The Hall–Kier alpha value is -0.740. The van der Waals surface area contributed by atoms with Gasteiger partial charge in [0.2, 0.25) is 0 Å². The Morgan fingerprint density at radius 1 is 1.47 bits per heavy atom. The Labute approximate surface area is 94.3 Å². The lowest BCUT2D eigenvalue weighted by molar-refractivity contribution is 0.225. The van der Waals surface area contributed by atoms with Crippen LogP contribution < -0.4 is 9.46 Å². The van der Waals surface area contributed by atoms with Crippen molar-refractivity contribution in [1.82, 2.24) is 4.72 Å².